The van der Waals surface area contributed by atoms with Gasteiger partial charge in [-0.15, -0.1) is 0 Å². The van der Waals surface area contributed by atoms with E-state index >= 15 is 0 Å². The smallest absolute Gasteiger partial charge is 0.258 e. The molecule has 2 aromatic carbocycles. The maximum Gasteiger partial charge on any atom is 0.258 e. The monoisotopic (exact) mass is 377 g/mol. The lowest BCUT2D eigenvalue weighted by molar-refractivity contribution is 0.0998. The second-order valence-corrected chi connectivity index (χ2v) is 7.66. The number of likely N-dealkylation sites (tertiary alicyclic amines) is 1. The molecule has 5 heteroatoms. The van der Waals surface area contributed by atoms with Crippen molar-refractivity contribution >= 4 is 10.9 Å². The quantitative estimate of drug-likeness (QED) is 0.738. The molecule has 146 valence electrons. The van der Waals surface area contributed by atoms with Crippen LogP contribution < -0.4 is 10.3 Å². The van der Waals surface area contributed by atoms with Gasteiger partial charge in [0.2, 0.25) is 0 Å². The molecule has 2 heterocycles. The minimum Gasteiger partial charge on any atom is -0.490 e. The molecule has 1 saturated heterocycles. The Bertz CT molecular complexity index is 1000. The molecule has 4 rings (SSSR count). The van der Waals surface area contributed by atoms with Crippen LogP contribution in [-0.4, -0.2) is 40.6 Å². The Morgan fingerprint density at radius 2 is 1.79 bits per heavy atom. The minimum absolute atomic E-state index is 0.0543. The first-order valence-corrected chi connectivity index (χ1v) is 10.0. The Morgan fingerprint density at radius 1 is 1.07 bits per heavy atom. The Hall–Kier alpha value is -2.66. The first-order chi connectivity index (χ1) is 13.6. The van der Waals surface area contributed by atoms with Crippen molar-refractivity contribution in [3.05, 3.63) is 69.8 Å². The predicted octanol–water partition coefficient (Wildman–Crippen LogP) is 3.63. The molecule has 0 atom stereocenters. The molecule has 1 aromatic heterocycles. The molecular weight excluding hydrogens is 350 g/mol. The van der Waals surface area contributed by atoms with Crippen LogP contribution in [0.3, 0.4) is 0 Å². The summed E-state index contributed by atoms with van der Waals surface area (Å²) in [5.74, 6) is 1.80. The summed E-state index contributed by atoms with van der Waals surface area (Å²) in [5, 5.41) is 0.649. The molecule has 28 heavy (non-hydrogen) atoms. The van der Waals surface area contributed by atoms with Gasteiger partial charge >= 0.3 is 0 Å². The van der Waals surface area contributed by atoms with E-state index < -0.39 is 0 Å². The highest BCUT2D eigenvalue weighted by Crippen LogP contribution is 2.26. The molecule has 1 N–H and O–H groups in total. The number of fused-ring (bicyclic) bond motifs is 1. The van der Waals surface area contributed by atoms with E-state index in [-0.39, 0.29) is 11.7 Å². The number of H-pyrrole nitrogens is 1. The van der Waals surface area contributed by atoms with Crippen molar-refractivity contribution in [3.8, 4) is 5.75 Å². The molecular formula is C23H27N3O2. The van der Waals surface area contributed by atoms with Gasteiger partial charge in [0.05, 0.1) is 10.9 Å². The molecule has 1 aliphatic rings. The van der Waals surface area contributed by atoms with Gasteiger partial charge < -0.3 is 14.6 Å². The summed E-state index contributed by atoms with van der Waals surface area (Å²) in [4.78, 5) is 22.2. The Labute approximate surface area is 165 Å². The van der Waals surface area contributed by atoms with Crippen LogP contribution in [0.15, 0.2) is 47.3 Å². The maximum atomic E-state index is 12.2. The van der Waals surface area contributed by atoms with E-state index in [2.05, 4.69) is 46.9 Å². The summed E-state index contributed by atoms with van der Waals surface area (Å²) in [6.45, 7) is 7.13. The highest BCUT2D eigenvalue weighted by atomic mass is 16.5. The van der Waals surface area contributed by atoms with Gasteiger partial charge in [0, 0.05) is 26.1 Å². The summed E-state index contributed by atoms with van der Waals surface area (Å²) in [5.41, 5.74) is 3.12. The molecule has 0 amide bonds. The van der Waals surface area contributed by atoms with E-state index in [4.69, 9.17) is 4.74 Å². The van der Waals surface area contributed by atoms with Gasteiger partial charge in [-0.2, -0.15) is 0 Å². The molecule has 0 saturated carbocycles. The minimum atomic E-state index is -0.0543. The van der Waals surface area contributed by atoms with Crippen LogP contribution in [0.5, 0.6) is 5.75 Å². The molecule has 0 unspecified atom stereocenters. The number of benzene rings is 2. The van der Waals surface area contributed by atoms with Gasteiger partial charge in [-0.05, 0) is 49.9 Å². The van der Waals surface area contributed by atoms with E-state index in [1.807, 2.05) is 24.3 Å². The van der Waals surface area contributed by atoms with Crippen molar-refractivity contribution in [3.63, 3.8) is 0 Å². The zero-order chi connectivity index (χ0) is 19.5. The van der Waals surface area contributed by atoms with E-state index in [1.165, 1.54) is 11.1 Å². The predicted molar refractivity (Wildman–Crippen MR) is 112 cm³/mol. The Balaban J connectivity index is 1.32. The van der Waals surface area contributed by atoms with E-state index in [1.54, 1.807) is 0 Å². The molecule has 1 aliphatic heterocycles. The zero-order valence-electron chi connectivity index (χ0n) is 16.6. The summed E-state index contributed by atoms with van der Waals surface area (Å²) >= 11 is 0. The lowest BCUT2D eigenvalue weighted by Gasteiger charge is -2.32. The summed E-state index contributed by atoms with van der Waals surface area (Å²) in [6.07, 6.45) is 3.07. The van der Waals surface area contributed by atoms with Crippen molar-refractivity contribution in [2.45, 2.75) is 39.2 Å². The fraction of sp³-hybridized carbons (Fsp3) is 0.391. The maximum absolute atomic E-state index is 12.2. The van der Waals surface area contributed by atoms with Crippen LogP contribution in [0.25, 0.3) is 10.9 Å². The van der Waals surface area contributed by atoms with Crippen LogP contribution in [0, 0.1) is 13.8 Å². The highest BCUT2D eigenvalue weighted by Gasteiger charge is 2.21. The van der Waals surface area contributed by atoms with E-state index in [9.17, 15) is 4.79 Å². The van der Waals surface area contributed by atoms with Crippen LogP contribution in [0.1, 0.15) is 29.8 Å². The fourth-order valence-corrected chi connectivity index (χ4v) is 3.92. The number of rotatable bonds is 5. The number of piperidine rings is 1. The topological polar surface area (TPSA) is 58.2 Å². The van der Waals surface area contributed by atoms with Gasteiger partial charge in [0.25, 0.3) is 5.56 Å². The fourth-order valence-electron chi connectivity index (χ4n) is 3.92. The van der Waals surface area contributed by atoms with Gasteiger partial charge in [-0.3, -0.25) is 4.79 Å². The second kappa shape index (κ2) is 8.15. The number of aromatic nitrogens is 2. The third-order valence-corrected chi connectivity index (χ3v) is 5.55. The average Bonchev–Trinajstić information content (AvgIpc) is 2.70. The standard InChI is InChI=1S/C23H27N3O2/c1-16-6-5-7-17(2)22(16)28-18-10-13-26(14-11-18)15-12-21-24-20-9-4-3-8-19(20)23(27)25-21/h3-9,18H,10-15H2,1-2H3,(H,24,25,27). The Morgan fingerprint density at radius 3 is 2.54 bits per heavy atom. The van der Waals surface area contributed by atoms with Gasteiger partial charge in [-0.25, -0.2) is 4.98 Å². The number of ether oxygens (including phenoxy) is 1. The van der Waals surface area contributed by atoms with Crippen molar-refractivity contribution in [1.29, 1.82) is 0 Å². The molecule has 0 aliphatic carbocycles. The number of hydrogen-bond donors (Lipinski definition) is 1. The molecule has 1 fully saturated rings. The summed E-state index contributed by atoms with van der Waals surface area (Å²) < 4.78 is 6.31. The summed E-state index contributed by atoms with van der Waals surface area (Å²) in [6, 6.07) is 13.8. The molecule has 0 bridgehead atoms. The highest BCUT2D eigenvalue weighted by molar-refractivity contribution is 5.77. The lowest BCUT2D eigenvalue weighted by Crippen LogP contribution is -2.39. The van der Waals surface area contributed by atoms with Gasteiger partial charge in [0.1, 0.15) is 17.7 Å². The average molecular weight is 377 g/mol. The third-order valence-electron chi connectivity index (χ3n) is 5.55. The second-order valence-electron chi connectivity index (χ2n) is 7.66. The van der Waals surface area contributed by atoms with Crippen LogP contribution >= 0.6 is 0 Å². The molecule has 5 nitrogen and oxygen atoms in total. The number of aryl methyl sites for hydroxylation is 2. The number of aromatic amines is 1. The van der Waals surface area contributed by atoms with Crippen LogP contribution in [-0.2, 0) is 6.42 Å². The normalized spacial score (nSPS) is 15.8. The van der Waals surface area contributed by atoms with Crippen molar-refractivity contribution in [2.24, 2.45) is 0 Å². The Kier molecular flexibility index (Phi) is 5.44. The van der Waals surface area contributed by atoms with Crippen LogP contribution in [0.4, 0.5) is 0 Å². The van der Waals surface area contributed by atoms with Gasteiger partial charge in [-0.1, -0.05) is 30.3 Å². The van der Waals surface area contributed by atoms with E-state index in [0.29, 0.717) is 5.39 Å². The van der Waals surface area contributed by atoms with Crippen molar-refractivity contribution in [2.75, 3.05) is 19.6 Å². The third kappa shape index (κ3) is 4.09. The first kappa shape index (κ1) is 18.7. The van der Waals surface area contributed by atoms with Crippen molar-refractivity contribution < 1.29 is 4.74 Å². The number of nitrogens with one attached hydrogen (secondary N) is 1. The molecule has 0 spiro atoms. The molecule has 3 aromatic rings. The first-order valence-electron chi connectivity index (χ1n) is 10.0. The SMILES string of the molecule is Cc1cccc(C)c1OC1CCN(CCc2nc3ccccc3c(=O)[nH]2)CC1. The lowest BCUT2D eigenvalue weighted by atomic mass is 10.1. The number of hydrogen-bond acceptors (Lipinski definition) is 4. The van der Waals surface area contributed by atoms with Crippen molar-refractivity contribution in [1.82, 2.24) is 14.9 Å². The largest absolute Gasteiger partial charge is 0.490 e. The number of para-hydroxylation sites is 2. The molecule has 0 radical (unpaired) electrons. The van der Waals surface area contributed by atoms with Gasteiger partial charge in [0.15, 0.2) is 0 Å². The van der Waals surface area contributed by atoms with E-state index in [0.717, 1.165) is 56.0 Å². The van der Waals surface area contributed by atoms with Crippen LogP contribution in [0.2, 0.25) is 0 Å². The number of nitrogens with zero attached hydrogens (tertiary/aromatic N) is 2. The summed E-state index contributed by atoms with van der Waals surface area (Å²) in [7, 11) is 0. The zero-order valence-corrected chi connectivity index (χ0v) is 16.6.